The molecule has 0 saturated carbocycles. The molecule has 0 amide bonds. The summed E-state index contributed by atoms with van der Waals surface area (Å²) in [5, 5.41) is 10.5. The highest BCUT2D eigenvalue weighted by Crippen LogP contribution is 2.69. The SMILES string of the molecule is CCCCCc1ccc(S(OC(=O)c2ccccc2O)(c2ccccc2)c2ccc(CCCCC)cc2)cc1. The van der Waals surface area contributed by atoms with Crippen LogP contribution in [0, 0.1) is 0 Å². The highest BCUT2D eigenvalue weighted by atomic mass is 32.3. The lowest BCUT2D eigenvalue weighted by Crippen LogP contribution is -2.14. The summed E-state index contributed by atoms with van der Waals surface area (Å²) in [6.07, 6.45) is 9.19. The first kappa shape index (κ1) is 28.5. The van der Waals surface area contributed by atoms with E-state index in [0.29, 0.717) is 0 Å². The second-order valence-electron chi connectivity index (χ2n) is 9.96. The van der Waals surface area contributed by atoms with Crippen LogP contribution in [0.25, 0.3) is 0 Å². The molecular weight excluding hydrogens is 500 g/mol. The molecule has 4 rings (SSSR count). The number of benzene rings is 4. The average Bonchev–Trinajstić information content (AvgIpc) is 2.98. The highest BCUT2D eigenvalue weighted by molar-refractivity contribution is 8.30. The summed E-state index contributed by atoms with van der Waals surface area (Å²) in [4.78, 5) is 16.6. The maximum atomic E-state index is 13.7. The van der Waals surface area contributed by atoms with Crippen molar-refractivity contribution in [3.8, 4) is 5.75 Å². The lowest BCUT2D eigenvalue weighted by Gasteiger charge is -2.40. The van der Waals surface area contributed by atoms with Gasteiger partial charge in [-0.25, -0.2) is 4.79 Å². The number of para-hydroxylation sites is 1. The highest BCUT2D eigenvalue weighted by Gasteiger charge is 2.36. The summed E-state index contributed by atoms with van der Waals surface area (Å²) in [7, 11) is -2.44. The molecule has 204 valence electrons. The van der Waals surface area contributed by atoms with E-state index in [1.807, 2.05) is 30.3 Å². The predicted octanol–water partition coefficient (Wildman–Crippen LogP) is 9.91. The molecule has 0 spiro atoms. The molecule has 39 heavy (non-hydrogen) atoms. The molecule has 3 nitrogen and oxygen atoms in total. The largest absolute Gasteiger partial charge is 0.507 e. The van der Waals surface area contributed by atoms with Crippen LogP contribution in [-0.4, -0.2) is 11.1 Å². The number of carbonyl (C=O) groups is 1. The molecule has 1 N–H and O–H groups in total. The Hall–Kier alpha value is -3.50. The minimum absolute atomic E-state index is 0.0820. The number of rotatable bonds is 13. The Labute approximate surface area is 235 Å². The molecule has 0 aliphatic rings. The summed E-state index contributed by atoms with van der Waals surface area (Å²) in [6.45, 7) is 4.43. The van der Waals surface area contributed by atoms with Gasteiger partial charge in [-0.2, -0.15) is 0 Å². The van der Waals surface area contributed by atoms with Crippen molar-refractivity contribution in [1.82, 2.24) is 0 Å². The number of carbonyl (C=O) groups excluding carboxylic acids is 1. The second-order valence-corrected chi connectivity index (χ2v) is 12.7. The number of unbranched alkanes of at least 4 members (excludes halogenated alkanes) is 4. The van der Waals surface area contributed by atoms with Crippen LogP contribution >= 0.6 is 10.3 Å². The maximum Gasteiger partial charge on any atom is 0.353 e. The van der Waals surface area contributed by atoms with Crippen molar-refractivity contribution in [3.05, 3.63) is 120 Å². The second kappa shape index (κ2) is 14.0. The Kier molecular flexibility index (Phi) is 10.3. The van der Waals surface area contributed by atoms with Crippen molar-refractivity contribution in [3.63, 3.8) is 0 Å². The zero-order chi connectivity index (χ0) is 27.5. The van der Waals surface area contributed by atoms with Gasteiger partial charge in [-0.15, -0.1) is 0 Å². The van der Waals surface area contributed by atoms with Gasteiger partial charge < -0.3 is 9.29 Å². The molecule has 0 bridgehead atoms. The molecular formula is C35H40O3S. The van der Waals surface area contributed by atoms with Gasteiger partial charge in [0, 0.05) is 14.7 Å². The van der Waals surface area contributed by atoms with E-state index < -0.39 is 16.3 Å². The van der Waals surface area contributed by atoms with Crippen molar-refractivity contribution >= 4 is 16.3 Å². The van der Waals surface area contributed by atoms with E-state index >= 15 is 0 Å². The monoisotopic (exact) mass is 540 g/mol. The van der Waals surface area contributed by atoms with E-state index in [9.17, 15) is 9.90 Å². The van der Waals surface area contributed by atoms with E-state index in [-0.39, 0.29) is 11.3 Å². The molecule has 0 unspecified atom stereocenters. The van der Waals surface area contributed by atoms with E-state index in [1.54, 1.807) is 18.2 Å². The molecule has 0 saturated heterocycles. The quantitative estimate of drug-likeness (QED) is 0.172. The number of hydrogen-bond acceptors (Lipinski definition) is 3. The Morgan fingerprint density at radius 1 is 0.615 bits per heavy atom. The smallest absolute Gasteiger partial charge is 0.353 e. The van der Waals surface area contributed by atoms with E-state index in [2.05, 4.69) is 62.4 Å². The van der Waals surface area contributed by atoms with Crippen LogP contribution in [0.4, 0.5) is 0 Å². The fraction of sp³-hybridized carbons (Fsp3) is 0.286. The third-order valence-electron chi connectivity index (χ3n) is 7.05. The van der Waals surface area contributed by atoms with E-state index in [0.717, 1.165) is 40.4 Å². The Morgan fingerprint density at radius 3 is 1.56 bits per heavy atom. The van der Waals surface area contributed by atoms with Crippen molar-refractivity contribution in [2.75, 3.05) is 0 Å². The first-order chi connectivity index (χ1) is 19.1. The fourth-order valence-corrected chi connectivity index (χ4v) is 7.82. The summed E-state index contributed by atoms with van der Waals surface area (Å²) < 4.78 is 6.62. The summed E-state index contributed by atoms with van der Waals surface area (Å²) in [6, 6.07) is 33.8. The maximum absolute atomic E-state index is 13.7. The molecule has 0 aliphatic heterocycles. The third kappa shape index (κ3) is 6.93. The molecule has 0 aliphatic carbocycles. The van der Waals surface area contributed by atoms with Crippen LogP contribution in [-0.2, 0) is 17.0 Å². The molecule has 0 atom stereocenters. The van der Waals surface area contributed by atoms with Gasteiger partial charge in [0.15, 0.2) is 0 Å². The Balaban J connectivity index is 1.83. The number of aryl methyl sites for hydroxylation is 2. The lowest BCUT2D eigenvalue weighted by atomic mass is 10.1. The van der Waals surface area contributed by atoms with Crippen LogP contribution in [0.1, 0.15) is 73.9 Å². The molecule has 4 heteroatoms. The van der Waals surface area contributed by atoms with E-state index in [4.69, 9.17) is 4.18 Å². The third-order valence-corrected chi connectivity index (χ3v) is 10.3. The predicted molar refractivity (Wildman–Crippen MR) is 162 cm³/mol. The van der Waals surface area contributed by atoms with Crippen LogP contribution in [0.15, 0.2) is 118 Å². The van der Waals surface area contributed by atoms with Crippen molar-refractivity contribution in [2.24, 2.45) is 0 Å². The molecule has 0 heterocycles. The van der Waals surface area contributed by atoms with Gasteiger partial charge in [-0.05, 0) is 95.7 Å². The topological polar surface area (TPSA) is 46.5 Å². The first-order valence-electron chi connectivity index (χ1n) is 14.2. The number of phenols is 1. The minimum atomic E-state index is -2.44. The first-order valence-corrected chi connectivity index (χ1v) is 15.7. The summed E-state index contributed by atoms with van der Waals surface area (Å²) in [5.74, 6) is -0.618. The minimum Gasteiger partial charge on any atom is -0.507 e. The van der Waals surface area contributed by atoms with Gasteiger partial charge in [0.05, 0.1) is 0 Å². The average molecular weight is 541 g/mol. The van der Waals surface area contributed by atoms with Gasteiger partial charge in [-0.3, -0.25) is 0 Å². The van der Waals surface area contributed by atoms with Gasteiger partial charge in [0.2, 0.25) is 0 Å². The number of hydrogen-bond donors (Lipinski definition) is 1. The van der Waals surface area contributed by atoms with Gasteiger partial charge in [0.25, 0.3) is 0 Å². The molecule has 0 fully saturated rings. The standard InChI is InChI=1S/C35H40O3S/c1-3-5-8-14-28-20-24-31(25-21-28)39(30-16-10-7-11-17-30,38-35(37)33-18-12-13-19-34(33)36)32-26-22-29(23-27-32)15-9-6-4-2/h7,10-13,16-27,36H,3-6,8-9,14-15H2,1-2H3. The molecule has 4 aromatic rings. The Morgan fingerprint density at radius 2 is 1.08 bits per heavy atom. The van der Waals surface area contributed by atoms with Crippen LogP contribution in [0.3, 0.4) is 0 Å². The van der Waals surface area contributed by atoms with Crippen LogP contribution in [0.5, 0.6) is 5.75 Å². The van der Waals surface area contributed by atoms with Crippen molar-refractivity contribution in [2.45, 2.75) is 79.9 Å². The van der Waals surface area contributed by atoms with Crippen molar-refractivity contribution < 1.29 is 14.1 Å². The number of aromatic hydroxyl groups is 1. The Bertz CT molecular complexity index is 1260. The fourth-order valence-electron chi connectivity index (χ4n) is 4.82. The van der Waals surface area contributed by atoms with E-state index in [1.165, 1.54) is 42.9 Å². The lowest BCUT2D eigenvalue weighted by molar-refractivity contribution is 0.0754. The summed E-state index contributed by atoms with van der Waals surface area (Å²) in [5.41, 5.74) is 2.73. The van der Waals surface area contributed by atoms with Crippen molar-refractivity contribution in [1.29, 1.82) is 0 Å². The zero-order valence-corrected chi connectivity index (χ0v) is 24.0. The normalized spacial score (nSPS) is 11.7. The zero-order valence-electron chi connectivity index (χ0n) is 23.1. The molecule has 4 aromatic carbocycles. The summed E-state index contributed by atoms with van der Waals surface area (Å²) >= 11 is 0. The van der Waals surface area contributed by atoms with Gasteiger partial charge in [0.1, 0.15) is 11.3 Å². The van der Waals surface area contributed by atoms with Gasteiger partial charge in [-0.1, -0.05) is 94.1 Å². The van der Waals surface area contributed by atoms with Crippen LogP contribution < -0.4 is 0 Å². The van der Waals surface area contributed by atoms with Gasteiger partial charge >= 0.3 is 5.97 Å². The molecule has 0 radical (unpaired) electrons. The van der Waals surface area contributed by atoms with Crippen LogP contribution in [0.2, 0.25) is 0 Å². The number of phenolic OH excluding ortho intramolecular Hbond substituents is 1. The molecule has 0 aromatic heterocycles.